The van der Waals surface area contributed by atoms with Gasteiger partial charge in [-0.3, -0.25) is 9.78 Å². The first-order valence-corrected chi connectivity index (χ1v) is 11.9. The second-order valence-corrected chi connectivity index (χ2v) is 10.4. The lowest BCUT2D eigenvalue weighted by Gasteiger charge is -2.30. The van der Waals surface area contributed by atoms with Gasteiger partial charge >= 0.3 is 0 Å². The van der Waals surface area contributed by atoms with Gasteiger partial charge in [-0.25, -0.2) is 0 Å². The molecule has 166 valence electrons. The molecule has 2 aromatic heterocycles. The van der Waals surface area contributed by atoms with Gasteiger partial charge in [0.25, 0.3) is 0 Å². The van der Waals surface area contributed by atoms with E-state index in [-0.39, 0.29) is 17.8 Å². The molecule has 1 N–H and O–H groups in total. The summed E-state index contributed by atoms with van der Waals surface area (Å²) in [6.07, 6.45) is 3.33. The zero-order chi connectivity index (χ0) is 22.3. The quantitative estimate of drug-likeness (QED) is 0.611. The Balaban J connectivity index is 1.66. The highest BCUT2D eigenvalue weighted by Gasteiger charge is 2.37. The lowest BCUT2D eigenvalue weighted by Crippen LogP contribution is -2.36. The highest BCUT2D eigenvalue weighted by Crippen LogP contribution is 2.49. The Kier molecular flexibility index (Phi) is 5.61. The van der Waals surface area contributed by atoms with E-state index < -0.39 is 0 Å². The van der Waals surface area contributed by atoms with Crippen molar-refractivity contribution < 1.29 is 14.6 Å². The molecule has 0 radical (unpaired) electrons. The van der Waals surface area contributed by atoms with Gasteiger partial charge in [0.2, 0.25) is 0 Å². The molecule has 6 heteroatoms. The van der Waals surface area contributed by atoms with Crippen molar-refractivity contribution in [2.45, 2.75) is 33.3 Å². The normalized spacial score (nSPS) is 18.0. The first-order chi connectivity index (χ1) is 15.4. The molecule has 0 amide bonds. The van der Waals surface area contributed by atoms with E-state index >= 15 is 0 Å². The summed E-state index contributed by atoms with van der Waals surface area (Å²) in [5.41, 5.74) is 6.11. The number of morpholine rings is 1. The van der Waals surface area contributed by atoms with Crippen LogP contribution in [0.5, 0.6) is 0 Å². The van der Waals surface area contributed by atoms with E-state index in [0.29, 0.717) is 19.6 Å². The average Bonchev–Trinajstić information content (AvgIpc) is 3.18. The molecule has 1 aromatic carbocycles. The molecule has 0 unspecified atom stereocenters. The molecule has 0 bridgehead atoms. The fourth-order valence-corrected chi connectivity index (χ4v) is 6.09. The molecule has 32 heavy (non-hydrogen) atoms. The molecule has 1 aliphatic heterocycles. The van der Waals surface area contributed by atoms with Crippen molar-refractivity contribution in [1.82, 2.24) is 4.98 Å². The average molecular weight is 449 g/mol. The Bertz CT molecular complexity index is 1160. The second-order valence-electron chi connectivity index (χ2n) is 9.42. The summed E-state index contributed by atoms with van der Waals surface area (Å²) in [5, 5.41) is 10.7. The number of carbonyl (C=O) groups excluding carboxylic acids is 1. The molecule has 0 spiro atoms. The number of benzene rings is 1. The molecule has 5 rings (SSSR count). The van der Waals surface area contributed by atoms with E-state index in [4.69, 9.17) is 4.74 Å². The van der Waals surface area contributed by atoms with Crippen LogP contribution in [-0.2, 0) is 17.8 Å². The van der Waals surface area contributed by atoms with Gasteiger partial charge in [0, 0.05) is 36.8 Å². The lowest BCUT2D eigenvalue weighted by molar-refractivity contribution is 0.0918. The van der Waals surface area contributed by atoms with Crippen LogP contribution >= 0.6 is 11.3 Å². The molecule has 3 aromatic rings. The van der Waals surface area contributed by atoms with Gasteiger partial charge in [0.1, 0.15) is 0 Å². The minimum absolute atomic E-state index is 0.00391. The highest BCUT2D eigenvalue weighted by molar-refractivity contribution is 7.19. The van der Waals surface area contributed by atoms with Gasteiger partial charge < -0.3 is 14.7 Å². The molecular formula is C26H28N2O3S. The lowest BCUT2D eigenvalue weighted by atomic mass is 9.75. The van der Waals surface area contributed by atoms with Crippen molar-refractivity contribution in [1.29, 1.82) is 0 Å². The maximum atomic E-state index is 13.1. The third-order valence-corrected chi connectivity index (χ3v) is 7.62. The van der Waals surface area contributed by atoms with Crippen molar-refractivity contribution >= 4 is 22.1 Å². The molecule has 0 saturated carbocycles. The summed E-state index contributed by atoms with van der Waals surface area (Å²) in [5.74, 6) is 0.256. The summed E-state index contributed by atoms with van der Waals surface area (Å²) in [6.45, 7) is 7.45. The Morgan fingerprint density at radius 2 is 1.94 bits per heavy atom. The van der Waals surface area contributed by atoms with Crippen LogP contribution in [0.3, 0.4) is 0 Å². The van der Waals surface area contributed by atoms with E-state index in [9.17, 15) is 9.90 Å². The van der Waals surface area contributed by atoms with Gasteiger partial charge in [0.15, 0.2) is 5.78 Å². The molecule has 3 heterocycles. The molecule has 0 atom stereocenters. The van der Waals surface area contributed by atoms with Gasteiger partial charge in [-0.2, -0.15) is 0 Å². The molecular weight excluding hydrogens is 420 g/mol. The summed E-state index contributed by atoms with van der Waals surface area (Å²) < 4.78 is 5.59. The number of anilines is 1. The van der Waals surface area contributed by atoms with Crippen molar-refractivity contribution in [2.75, 3.05) is 31.2 Å². The predicted octanol–water partition coefficient (Wildman–Crippen LogP) is 4.96. The number of pyridine rings is 1. The maximum Gasteiger partial charge on any atom is 0.173 e. The van der Waals surface area contributed by atoms with Crippen molar-refractivity contribution in [2.24, 2.45) is 5.41 Å². The molecule has 1 aliphatic carbocycles. The van der Waals surface area contributed by atoms with Crippen LogP contribution < -0.4 is 4.90 Å². The van der Waals surface area contributed by atoms with Crippen molar-refractivity contribution in [3.05, 3.63) is 58.6 Å². The number of carbonyl (C=O) groups is 1. The van der Waals surface area contributed by atoms with Crippen molar-refractivity contribution in [3.63, 3.8) is 0 Å². The number of hydrogen-bond donors (Lipinski definition) is 1. The van der Waals surface area contributed by atoms with Crippen LogP contribution in [0.25, 0.3) is 22.4 Å². The van der Waals surface area contributed by atoms with Crippen LogP contribution in [0.15, 0.2) is 42.6 Å². The number of Topliss-reactive ketones (excluding diaryl/α,β-unsaturated/α-hetero) is 1. The number of aliphatic hydroxyl groups excluding tert-OH is 1. The maximum absolute atomic E-state index is 13.1. The number of ether oxygens (including phenoxy) is 1. The van der Waals surface area contributed by atoms with Gasteiger partial charge in [-0.15, -0.1) is 11.3 Å². The number of fused-ring (bicyclic) bond motifs is 1. The standard InChI is InChI=1S/C26H28N2O3S/c1-26(2)14-20-23(25(28-8-10-31-11-9-28)32-24(20)22(30)15-26)19-6-7-27-21(13-19)18-5-3-4-17(12-18)16-29/h3-7,12-13,29H,8-11,14-16H2,1-2H3. The fourth-order valence-electron chi connectivity index (χ4n) is 4.76. The molecule has 1 fully saturated rings. The molecule has 5 nitrogen and oxygen atoms in total. The van der Waals surface area contributed by atoms with E-state index in [1.165, 1.54) is 16.1 Å². The smallest absolute Gasteiger partial charge is 0.173 e. The van der Waals surface area contributed by atoms with E-state index in [2.05, 4.69) is 35.9 Å². The Hall–Kier alpha value is -2.54. The number of rotatable bonds is 4. The first kappa shape index (κ1) is 21.3. The number of aliphatic hydroxyl groups is 1. The monoisotopic (exact) mass is 448 g/mol. The Labute approximate surface area is 192 Å². The van der Waals surface area contributed by atoms with E-state index in [0.717, 1.165) is 46.8 Å². The number of aromatic nitrogens is 1. The minimum atomic E-state index is -0.0481. The summed E-state index contributed by atoms with van der Waals surface area (Å²) >= 11 is 1.65. The first-order valence-electron chi connectivity index (χ1n) is 11.1. The Morgan fingerprint density at radius 1 is 1.12 bits per heavy atom. The third kappa shape index (κ3) is 3.98. The van der Waals surface area contributed by atoms with Crippen LogP contribution in [-0.4, -0.2) is 42.2 Å². The zero-order valence-electron chi connectivity index (χ0n) is 18.6. The topological polar surface area (TPSA) is 62.7 Å². The number of thiophene rings is 1. The zero-order valence-corrected chi connectivity index (χ0v) is 19.4. The van der Waals surface area contributed by atoms with Crippen LogP contribution in [0, 0.1) is 5.41 Å². The van der Waals surface area contributed by atoms with E-state index in [1.54, 1.807) is 11.3 Å². The number of hydrogen-bond acceptors (Lipinski definition) is 6. The van der Waals surface area contributed by atoms with Crippen LogP contribution in [0.4, 0.5) is 5.00 Å². The largest absolute Gasteiger partial charge is 0.392 e. The van der Waals surface area contributed by atoms with Crippen LogP contribution in [0.2, 0.25) is 0 Å². The van der Waals surface area contributed by atoms with Gasteiger partial charge in [0.05, 0.1) is 35.4 Å². The SMILES string of the molecule is CC1(C)CC(=O)c2sc(N3CCOCC3)c(-c3ccnc(-c4cccc(CO)c4)c3)c2C1. The Morgan fingerprint density at radius 3 is 2.72 bits per heavy atom. The summed E-state index contributed by atoms with van der Waals surface area (Å²) in [4.78, 5) is 21.0. The van der Waals surface area contributed by atoms with Gasteiger partial charge in [-0.1, -0.05) is 32.0 Å². The number of ketones is 1. The summed E-state index contributed by atoms with van der Waals surface area (Å²) in [6, 6.07) is 12.0. The summed E-state index contributed by atoms with van der Waals surface area (Å²) in [7, 11) is 0. The molecule has 1 saturated heterocycles. The predicted molar refractivity (Wildman–Crippen MR) is 128 cm³/mol. The fraction of sp³-hybridized carbons (Fsp3) is 0.385. The minimum Gasteiger partial charge on any atom is -0.392 e. The van der Waals surface area contributed by atoms with Gasteiger partial charge in [-0.05, 0) is 46.7 Å². The molecule has 2 aliphatic rings. The van der Waals surface area contributed by atoms with Crippen LogP contribution in [0.1, 0.15) is 41.1 Å². The van der Waals surface area contributed by atoms with Crippen molar-refractivity contribution in [3.8, 4) is 22.4 Å². The third-order valence-electron chi connectivity index (χ3n) is 6.29. The number of nitrogens with zero attached hydrogens (tertiary/aromatic N) is 2. The van der Waals surface area contributed by atoms with E-state index in [1.807, 2.05) is 30.5 Å². The highest BCUT2D eigenvalue weighted by atomic mass is 32.1. The second kappa shape index (κ2) is 8.43.